The number of amides is 2. The maximum absolute atomic E-state index is 12.0. The number of nitrogens with zero attached hydrogens (tertiary/aromatic N) is 2. The van der Waals surface area contributed by atoms with Crippen LogP contribution in [0, 0.1) is 0 Å². The second kappa shape index (κ2) is 7.95. The summed E-state index contributed by atoms with van der Waals surface area (Å²) in [7, 11) is 0. The molecule has 0 saturated carbocycles. The topological polar surface area (TPSA) is 110 Å². The van der Waals surface area contributed by atoms with Crippen LogP contribution in [0.1, 0.15) is 18.4 Å². The van der Waals surface area contributed by atoms with Gasteiger partial charge in [-0.15, -0.1) is 10.2 Å². The van der Waals surface area contributed by atoms with Gasteiger partial charge in [0.25, 0.3) is 0 Å². The molecule has 1 rings (SSSR count). The van der Waals surface area contributed by atoms with E-state index in [2.05, 4.69) is 20.8 Å². The number of anilines is 1. The molecule has 0 radical (unpaired) electrons. The zero-order chi connectivity index (χ0) is 14.3. The molecule has 1 aromatic rings. The largest absolute Gasteiger partial charge is 0.374 e. The number of nitrogens with two attached hydrogens (primary N) is 1. The quantitative estimate of drug-likeness (QED) is 0.654. The molecule has 0 aromatic carbocycles. The summed E-state index contributed by atoms with van der Waals surface area (Å²) in [5, 5.41) is 13.8. The minimum atomic E-state index is -0.518. The predicted octanol–water partition coefficient (Wildman–Crippen LogP) is -0.00570. The van der Waals surface area contributed by atoms with Crippen molar-refractivity contribution in [2.75, 3.05) is 17.7 Å². The van der Waals surface area contributed by atoms with Crippen molar-refractivity contribution < 1.29 is 9.59 Å². The molecule has 19 heavy (non-hydrogen) atoms. The lowest BCUT2D eigenvalue weighted by molar-refractivity contribution is -0.128. The number of carbonyl (C=O) groups excluding carboxylic acids is 2. The maximum atomic E-state index is 12.0. The van der Waals surface area contributed by atoms with Crippen molar-refractivity contribution in [1.29, 1.82) is 0 Å². The molecule has 1 aromatic heterocycles. The van der Waals surface area contributed by atoms with Gasteiger partial charge in [0, 0.05) is 6.92 Å². The summed E-state index contributed by atoms with van der Waals surface area (Å²) in [5.74, 6) is 0.351. The van der Waals surface area contributed by atoms with E-state index in [1.54, 1.807) is 11.8 Å². The lowest BCUT2D eigenvalue weighted by atomic mass is 10.2. The number of hydrogen-bond donors (Lipinski definition) is 3. The number of nitrogens with one attached hydrogen (secondary N) is 2. The van der Waals surface area contributed by atoms with Crippen LogP contribution in [0.2, 0.25) is 0 Å². The van der Waals surface area contributed by atoms with Crippen LogP contribution in [-0.4, -0.2) is 40.1 Å². The number of hydrogen-bond acceptors (Lipinski definition) is 7. The molecule has 0 aliphatic carbocycles. The van der Waals surface area contributed by atoms with Gasteiger partial charge in [-0.2, -0.15) is 11.8 Å². The van der Waals surface area contributed by atoms with Crippen LogP contribution in [0.4, 0.5) is 5.13 Å². The highest BCUT2D eigenvalue weighted by Crippen LogP contribution is 2.10. The van der Waals surface area contributed by atoms with Crippen molar-refractivity contribution in [1.82, 2.24) is 20.8 Å². The fourth-order valence-electron chi connectivity index (χ4n) is 1.37. The van der Waals surface area contributed by atoms with Gasteiger partial charge >= 0.3 is 0 Å². The molecule has 1 atom stereocenters. The molecule has 4 N–H and O–H groups in total. The van der Waals surface area contributed by atoms with Crippen molar-refractivity contribution in [2.24, 2.45) is 0 Å². The van der Waals surface area contributed by atoms with Gasteiger partial charge < -0.3 is 16.4 Å². The van der Waals surface area contributed by atoms with E-state index in [0.29, 0.717) is 16.6 Å². The van der Waals surface area contributed by atoms with Crippen LogP contribution < -0.4 is 16.4 Å². The van der Waals surface area contributed by atoms with Gasteiger partial charge in [0.05, 0.1) is 6.54 Å². The van der Waals surface area contributed by atoms with E-state index in [0.717, 1.165) is 5.75 Å². The standard InChI is InChI=1S/C10H17N5O2S2/c1-6(16)13-7(3-4-18-2)9(17)12-5-8-14-15-10(11)19-8/h7H,3-5H2,1-2H3,(H2,11,15)(H,12,17)(H,13,16)/t7-/m0/s1. The van der Waals surface area contributed by atoms with Gasteiger partial charge in [-0.05, 0) is 18.4 Å². The van der Waals surface area contributed by atoms with E-state index in [1.165, 1.54) is 18.3 Å². The normalized spacial score (nSPS) is 11.9. The van der Waals surface area contributed by atoms with Crippen LogP contribution in [0.15, 0.2) is 0 Å². The molecule has 106 valence electrons. The molecule has 0 fully saturated rings. The minimum Gasteiger partial charge on any atom is -0.374 e. The third-order valence-electron chi connectivity index (χ3n) is 2.20. The van der Waals surface area contributed by atoms with Crippen LogP contribution >= 0.6 is 23.1 Å². The van der Waals surface area contributed by atoms with Gasteiger partial charge in [0.2, 0.25) is 16.9 Å². The molecule has 0 aliphatic heterocycles. The molecule has 0 spiro atoms. The average Bonchev–Trinajstić information content (AvgIpc) is 2.77. The summed E-state index contributed by atoms with van der Waals surface area (Å²) in [6.07, 6.45) is 2.54. The number of nitrogen functional groups attached to an aromatic ring is 1. The smallest absolute Gasteiger partial charge is 0.242 e. The first-order chi connectivity index (χ1) is 9.02. The third kappa shape index (κ3) is 5.88. The summed E-state index contributed by atoms with van der Waals surface area (Å²) in [5.41, 5.74) is 5.45. The Hall–Kier alpha value is -1.35. The van der Waals surface area contributed by atoms with Crippen molar-refractivity contribution in [3.63, 3.8) is 0 Å². The Balaban J connectivity index is 2.48. The van der Waals surface area contributed by atoms with E-state index < -0.39 is 6.04 Å². The Morgan fingerprint density at radius 1 is 1.47 bits per heavy atom. The van der Waals surface area contributed by atoms with E-state index in [-0.39, 0.29) is 18.4 Å². The van der Waals surface area contributed by atoms with Gasteiger partial charge in [-0.1, -0.05) is 11.3 Å². The second-order valence-electron chi connectivity index (χ2n) is 3.79. The molecule has 0 bridgehead atoms. The number of carbonyl (C=O) groups is 2. The summed E-state index contributed by atoms with van der Waals surface area (Å²) in [6, 6.07) is -0.518. The van der Waals surface area contributed by atoms with Gasteiger partial charge in [-0.25, -0.2) is 0 Å². The zero-order valence-corrected chi connectivity index (χ0v) is 12.4. The Morgan fingerprint density at radius 2 is 2.21 bits per heavy atom. The lowest BCUT2D eigenvalue weighted by Crippen LogP contribution is -2.46. The Morgan fingerprint density at radius 3 is 2.74 bits per heavy atom. The Labute approximate surface area is 119 Å². The minimum absolute atomic E-state index is 0.221. The molecular formula is C10H17N5O2S2. The number of aromatic nitrogens is 2. The van der Waals surface area contributed by atoms with Crippen molar-refractivity contribution in [2.45, 2.75) is 25.9 Å². The Bertz CT molecular complexity index is 437. The average molecular weight is 303 g/mol. The molecule has 0 unspecified atom stereocenters. The summed E-state index contributed by atoms with van der Waals surface area (Å²) in [4.78, 5) is 23.0. The lowest BCUT2D eigenvalue weighted by Gasteiger charge is -2.16. The zero-order valence-electron chi connectivity index (χ0n) is 10.8. The Kier molecular flexibility index (Phi) is 6.57. The molecule has 9 heteroatoms. The fraction of sp³-hybridized carbons (Fsp3) is 0.600. The van der Waals surface area contributed by atoms with Crippen LogP contribution in [0.5, 0.6) is 0 Å². The number of thioether (sulfide) groups is 1. The van der Waals surface area contributed by atoms with Crippen molar-refractivity contribution in [3.8, 4) is 0 Å². The highest BCUT2D eigenvalue weighted by atomic mass is 32.2. The number of rotatable bonds is 7. The van der Waals surface area contributed by atoms with E-state index in [9.17, 15) is 9.59 Å². The first kappa shape index (κ1) is 15.7. The molecule has 0 aliphatic rings. The SMILES string of the molecule is CSCC[C@H](NC(C)=O)C(=O)NCc1nnc(N)s1. The molecule has 7 nitrogen and oxygen atoms in total. The first-order valence-electron chi connectivity index (χ1n) is 5.64. The molecule has 2 amide bonds. The van der Waals surface area contributed by atoms with E-state index in [4.69, 9.17) is 5.73 Å². The monoisotopic (exact) mass is 303 g/mol. The fourth-order valence-corrected chi connectivity index (χ4v) is 2.39. The van der Waals surface area contributed by atoms with Gasteiger partial charge in [0.1, 0.15) is 11.0 Å². The molecule has 1 heterocycles. The van der Waals surface area contributed by atoms with Gasteiger partial charge in [0.15, 0.2) is 0 Å². The van der Waals surface area contributed by atoms with Crippen molar-refractivity contribution in [3.05, 3.63) is 5.01 Å². The summed E-state index contributed by atoms with van der Waals surface area (Å²) in [6.45, 7) is 1.66. The highest BCUT2D eigenvalue weighted by molar-refractivity contribution is 7.98. The van der Waals surface area contributed by atoms with E-state index >= 15 is 0 Å². The van der Waals surface area contributed by atoms with Gasteiger partial charge in [-0.3, -0.25) is 9.59 Å². The van der Waals surface area contributed by atoms with Crippen LogP contribution in [-0.2, 0) is 16.1 Å². The van der Waals surface area contributed by atoms with Crippen LogP contribution in [0.3, 0.4) is 0 Å². The second-order valence-corrected chi connectivity index (χ2v) is 5.87. The highest BCUT2D eigenvalue weighted by Gasteiger charge is 2.18. The molecular weight excluding hydrogens is 286 g/mol. The van der Waals surface area contributed by atoms with E-state index in [1.807, 2.05) is 6.26 Å². The molecule has 0 saturated heterocycles. The first-order valence-corrected chi connectivity index (χ1v) is 7.85. The van der Waals surface area contributed by atoms with Crippen molar-refractivity contribution >= 4 is 40.0 Å². The summed E-state index contributed by atoms with van der Waals surface area (Å²) >= 11 is 2.85. The van der Waals surface area contributed by atoms with Crippen LogP contribution in [0.25, 0.3) is 0 Å². The summed E-state index contributed by atoms with van der Waals surface area (Å²) < 4.78 is 0. The third-order valence-corrected chi connectivity index (χ3v) is 3.60. The predicted molar refractivity (Wildman–Crippen MR) is 76.8 cm³/mol. The maximum Gasteiger partial charge on any atom is 0.242 e.